The molecule has 0 saturated heterocycles. The quantitative estimate of drug-likeness (QED) is 0.491. The first-order valence-electron chi connectivity index (χ1n) is 3.62. The molecule has 0 fully saturated rings. The number of carbonyl (C=O) groups excluding carboxylic acids is 1. The predicted molar refractivity (Wildman–Crippen MR) is 40.9 cm³/mol. The van der Waals surface area contributed by atoms with Gasteiger partial charge >= 0.3 is 0 Å². The summed E-state index contributed by atoms with van der Waals surface area (Å²) in [5.74, 6) is 0.166. The second kappa shape index (κ2) is 2.08. The third-order valence-corrected chi connectivity index (χ3v) is 1.96. The van der Waals surface area contributed by atoms with Crippen LogP contribution in [0.25, 0.3) is 0 Å². The van der Waals surface area contributed by atoms with E-state index in [1.165, 1.54) is 0 Å². The number of amides is 1. The standard InChI is InChI=1S/C7H9N3O/c8-7-9-5-3-1-2-4(5)6(11)10-7/h2,5H,1,3H2,(H3,8,9,10,11)/t5-/m1/s1. The van der Waals surface area contributed by atoms with Crippen molar-refractivity contribution < 1.29 is 4.79 Å². The summed E-state index contributed by atoms with van der Waals surface area (Å²) in [5.41, 5.74) is 6.15. The molecule has 2 rings (SSSR count). The number of hydrogen-bond donors (Lipinski definition) is 2. The molecule has 11 heavy (non-hydrogen) atoms. The Balaban J connectivity index is 2.36. The van der Waals surface area contributed by atoms with Crippen LogP contribution in [-0.2, 0) is 4.79 Å². The molecule has 0 radical (unpaired) electrons. The lowest BCUT2D eigenvalue weighted by Gasteiger charge is -2.16. The maximum absolute atomic E-state index is 11.1. The Bertz CT molecular complexity index is 267. The van der Waals surface area contributed by atoms with Gasteiger partial charge in [0.1, 0.15) is 0 Å². The molecule has 3 N–H and O–H groups in total. The Morgan fingerprint density at radius 2 is 2.55 bits per heavy atom. The van der Waals surface area contributed by atoms with Crippen LogP contribution < -0.4 is 11.1 Å². The van der Waals surface area contributed by atoms with Crippen LogP contribution in [-0.4, -0.2) is 17.9 Å². The van der Waals surface area contributed by atoms with Gasteiger partial charge in [0.2, 0.25) is 0 Å². The van der Waals surface area contributed by atoms with Gasteiger partial charge < -0.3 is 5.73 Å². The molecule has 0 aromatic heterocycles. The highest BCUT2D eigenvalue weighted by molar-refractivity contribution is 6.08. The van der Waals surface area contributed by atoms with Crippen molar-refractivity contribution in [3.63, 3.8) is 0 Å². The van der Waals surface area contributed by atoms with Crippen molar-refractivity contribution in [3.8, 4) is 0 Å². The van der Waals surface area contributed by atoms with E-state index in [1.54, 1.807) is 0 Å². The van der Waals surface area contributed by atoms with Gasteiger partial charge in [0, 0.05) is 5.57 Å². The molecule has 4 heteroatoms. The zero-order valence-corrected chi connectivity index (χ0v) is 6.00. The normalized spacial score (nSPS) is 28.7. The molecule has 1 aliphatic carbocycles. The number of guanidine groups is 1. The van der Waals surface area contributed by atoms with E-state index in [9.17, 15) is 4.79 Å². The first-order valence-corrected chi connectivity index (χ1v) is 3.62. The molecule has 0 bridgehead atoms. The Hall–Kier alpha value is -1.32. The molecule has 0 aromatic rings. The molecule has 0 aromatic carbocycles. The molecule has 0 spiro atoms. The van der Waals surface area contributed by atoms with Gasteiger partial charge in [0.05, 0.1) is 6.04 Å². The summed E-state index contributed by atoms with van der Waals surface area (Å²) in [6.07, 6.45) is 3.78. The van der Waals surface area contributed by atoms with Gasteiger partial charge in [0.25, 0.3) is 5.91 Å². The molecule has 1 heterocycles. The molecule has 0 saturated carbocycles. The maximum Gasteiger partial charge on any atom is 0.255 e. The number of nitrogens with zero attached hydrogens (tertiary/aromatic N) is 1. The lowest BCUT2D eigenvalue weighted by atomic mass is 10.1. The van der Waals surface area contributed by atoms with Crippen LogP contribution in [0, 0.1) is 0 Å². The van der Waals surface area contributed by atoms with E-state index in [-0.39, 0.29) is 17.9 Å². The molecular weight excluding hydrogens is 142 g/mol. The summed E-state index contributed by atoms with van der Waals surface area (Å²) in [6.45, 7) is 0. The van der Waals surface area contributed by atoms with Gasteiger partial charge in [-0.25, -0.2) is 4.99 Å². The van der Waals surface area contributed by atoms with Crippen LogP contribution in [0.15, 0.2) is 16.6 Å². The number of allylic oxidation sites excluding steroid dienone is 1. The average Bonchev–Trinajstić information content (AvgIpc) is 2.34. The number of nitrogens with one attached hydrogen (secondary N) is 1. The average molecular weight is 151 g/mol. The van der Waals surface area contributed by atoms with Gasteiger partial charge in [-0.2, -0.15) is 0 Å². The largest absolute Gasteiger partial charge is 0.370 e. The highest BCUT2D eigenvalue weighted by Crippen LogP contribution is 2.23. The highest BCUT2D eigenvalue weighted by atomic mass is 16.2. The number of fused-ring (bicyclic) bond motifs is 1. The van der Waals surface area contributed by atoms with Crippen molar-refractivity contribution in [2.75, 3.05) is 0 Å². The van der Waals surface area contributed by atoms with Crippen LogP contribution in [0.4, 0.5) is 0 Å². The number of hydrogen-bond acceptors (Lipinski definition) is 3. The number of nitrogens with two attached hydrogens (primary N) is 1. The smallest absolute Gasteiger partial charge is 0.255 e. The van der Waals surface area contributed by atoms with E-state index in [0.717, 1.165) is 18.4 Å². The lowest BCUT2D eigenvalue weighted by molar-refractivity contribution is -0.116. The minimum atomic E-state index is -0.0833. The van der Waals surface area contributed by atoms with Crippen molar-refractivity contribution in [3.05, 3.63) is 11.6 Å². The number of aliphatic imine (C=N–C) groups is 1. The SMILES string of the molecule is NC1=N[C@@H]2CCC=C2C(=O)N1. The van der Waals surface area contributed by atoms with Crippen molar-refractivity contribution in [1.29, 1.82) is 0 Å². The predicted octanol–water partition coefficient (Wildman–Crippen LogP) is -0.480. The number of carbonyl (C=O) groups is 1. The lowest BCUT2D eigenvalue weighted by Crippen LogP contribution is -2.43. The van der Waals surface area contributed by atoms with Crippen LogP contribution in [0.1, 0.15) is 12.8 Å². The fourth-order valence-corrected chi connectivity index (χ4v) is 1.46. The van der Waals surface area contributed by atoms with E-state index < -0.39 is 0 Å². The van der Waals surface area contributed by atoms with Crippen molar-refractivity contribution in [1.82, 2.24) is 5.32 Å². The Kier molecular flexibility index (Phi) is 1.21. The third-order valence-electron chi connectivity index (χ3n) is 1.96. The molecular formula is C7H9N3O. The fourth-order valence-electron chi connectivity index (χ4n) is 1.46. The van der Waals surface area contributed by atoms with Gasteiger partial charge in [-0.15, -0.1) is 0 Å². The number of rotatable bonds is 0. The molecule has 0 unspecified atom stereocenters. The third kappa shape index (κ3) is 0.906. The monoisotopic (exact) mass is 151 g/mol. The van der Waals surface area contributed by atoms with Gasteiger partial charge in [-0.1, -0.05) is 6.08 Å². The molecule has 4 nitrogen and oxygen atoms in total. The molecule has 58 valence electrons. The molecule has 1 amide bonds. The second-order valence-electron chi connectivity index (χ2n) is 2.72. The summed E-state index contributed by atoms with van der Waals surface area (Å²) in [7, 11) is 0. The Morgan fingerprint density at radius 1 is 1.73 bits per heavy atom. The zero-order valence-electron chi connectivity index (χ0n) is 6.00. The molecule has 1 aliphatic heterocycles. The van der Waals surface area contributed by atoms with Crippen LogP contribution >= 0.6 is 0 Å². The van der Waals surface area contributed by atoms with Crippen molar-refractivity contribution in [2.45, 2.75) is 18.9 Å². The van der Waals surface area contributed by atoms with Gasteiger partial charge in [0.15, 0.2) is 5.96 Å². The Labute approximate surface area is 64.2 Å². The minimum Gasteiger partial charge on any atom is -0.370 e. The van der Waals surface area contributed by atoms with Gasteiger partial charge in [-0.05, 0) is 12.8 Å². The summed E-state index contributed by atoms with van der Waals surface area (Å²) in [6, 6.07) is 0.0312. The van der Waals surface area contributed by atoms with E-state index >= 15 is 0 Å². The first kappa shape index (κ1) is 6.39. The van der Waals surface area contributed by atoms with Crippen LogP contribution in [0.2, 0.25) is 0 Å². The topological polar surface area (TPSA) is 67.5 Å². The summed E-state index contributed by atoms with van der Waals surface area (Å²) < 4.78 is 0. The zero-order chi connectivity index (χ0) is 7.84. The first-order chi connectivity index (χ1) is 5.27. The molecule has 2 aliphatic rings. The summed E-state index contributed by atoms with van der Waals surface area (Å²) in [5, 5.41) is 2.47. The van der Waals surface area contributed by atoms with E-state index in [1.807, 2.05) is 6.08 Å². The highest BCUT2D eigenvalue weighted by Gasteiger charge is 2.28. The van der Waals surface area contributed by atoms with Crippen LogP contribution in [0.3, 0.4) is 0 Å². The van der Waals surface area contributed by atoms with Crippen molar-refractivity contribution >= 4 is 11.9 Å². The van der Waals surface area contributed by atoms with Gasteiger partial charge in [-0.3, -0.25) is 10.1 Å². The van der Waals surface area contributed by atoms with E-state index in [4.69, 9.17) is 5.73 Å². The summed E-state index contributed by atoms with van der Waals surface area (Å²) in [4.78, 5) is 15.2. The minimum absolute atomic E-state index is 0.0312. The fraction of sp³-hybridized carbons (Fsp3) is 0.429. The van der Waals surface area contributed by atoms with E-state index in [0.29, 0.717) is 0 Å². The van der Waals surface area contributed by atoms with Crippen molar-refractivity contribution in [2.24, 2.45) is 10.7 Å². The summed E-state index contributed by atoms with van der Waals surface area (Å²) >= 11 is 0. The van der Waals surface area contributed by atoms with E-state index in [2.05, 4.69) is 10.3 Å². The Morgan fingerprint density at radius 3 is 3.36 bits per heavy atom. The maximum atomic E-state index is 11.1. The second-order valence-corrected chi connectivity index (χ2v) is 2.72. The van der Waals surface area contributed by atoms with Crippen LogP contribution in [0.5, 0.6) is 0 Å². The molecule has 1 atom stereocenters.